The Morgan fingerprint density at radius 1 is 1.17 bits per heavy atom. The molecule has 0 aromatic heterocycles. The van der Waals surface area contributed by atoms with Crippen molar-refractivity contribution < 1.29 is 4.79 Å². The van der Waals surface area contributed by atoms with Crippen molar-refractivity contribution in [2.24, 2.45) is 0 Å². The number of nitrogens with zero attached hydrogens (tertiary/aromatic N) is 3. The number of thioether (sulfide) groups is 1. The zero-order chi connectivity index (χ0) is 17.4. The molecule has 0 fully saturated rings. The van der Waals surface area contributed by atoms with Gasteiger partial charge in [-0.3, -0.25) is 4.90 Å². The number of rotatable bonds is 2. The number of nitrogens with one attached hydrogen (secondary N) is 1. The second-order valence-corrected chi connectivity index (χ2v) is 7.46. The molecule has 0 saturated heterocycles. The highest BCUT2D eigenvalue weighted by atomic mass is 32.2. The molecule has 128 valence electrons. The van der Waals surface area contributed by atoms with Crippen LogP contribution < -0.4 is 15.1 Å². The molecule has 1 aromatic carbocycles. The molecule has 6 heteroatoms. The second kappa shape index (κ2) is 6.43. The van der Waals surface area contributed by atoms with E-state index in [9.17, 15) is 4.79 Å². The van der Waals surface area contributed by atoms with Gasteiger partial charge in [0.25, 0.3) is 0 Å². The van der Waals surface area contributed by atoms with Crippen LogP contribution in [-0.4, -0.2) is 46.2 Å². The van der Waals surface area contributed by atoms with E-state index in [1.807, 2.05) is 25.1 Å². The number of benzene rings is 1. The molecule has 0 spiro atoms. The lowest BCUT2D eigenvalue weighted by molar-refractivity contribution is 0.249. The van der Waals surface area contributed by atoms with Crippen molar-refractivity contribution in [1.82, 2.24) is 10.2 Å². The first-order valence-electron chi connectivity index (χ1n) is 8.04. The molecule has 1 aromatic rings. The Hall–Kier alpha value is -2.08. The van der Waals surface area contributed by atoms with Gasteiger partial charge >= 0.3 is 6.03 Å². The van der Waals surface area contributed by atoms with Crippen molar-refractivity contribution in [2.75, 3.05) is 45.0 Å². The van der Waals surface area contributed by atoms with E-state index < -0.39 is 0 Å². The average Bonchev–Trinajstić information content (AvgIpc) is 2.57. The molecule has 3 rings (SSSR count). The lowest BCUT2D eigenvalue weighted by Gasteiger charge is -2.36. The number of fused-ring (bicyclic) bond motifs is 1. The van der Waals surface area contributed by atoms with Crippen molar-refractivity contribution in [1.29, 1.82) is 0 Å². The summed E-state index contributed by atoms with van der Waals surface area (Å²) < 4.78 is 0. The third kappa shape index (κ3) is 2.86. The maximum Gasteiger partial charge on any atom is 0.326 e. The number of anilines is 2. The van der Waals surface area contributed by atoms with Crippen LogP contribution in [0.3, 0.4) is 0 Å². The molecule has 1 aliphatic heterocycles. The molecule has 0 atom stereocenters. The van der Waals surface area contributed by atoms with Crippen molar-refractivity contribution >= 4 is 29.2 Å². The van der Waals surface area contributed by atoms with Crippen LogP contribution in [0.4, 0.5) is 16.2 Å². The molecule has 24 heavy (non-hydrogen) atoms. The minimum atomic E-state index is -0.0802. The number of allylic oxidation sites excluding steroid dienone is 3. The van der Waals surface area contributed by atoms with Gasteiger partial charge in [-0.15, -0.1) is 0 Å². The lowest BCUT2D eigenvalue weighted by Crippen LogP contribution is -2.40. The summed E-state index contributed by atoms with van der Waals surface area (Å²) in [6.45, 7) is 0. The summed E-state index contributed by atoms with van der Waals surface area (Å²) in [7, 11) is 9.88. The van der Waals surface area contributed by atoms with Crippen LogP contribution in [0.1, 0.15) is 12.8 Å². The van der Waals surface area contributed by atoms with Gasteiger partial charge in [-0.25, -0.2) is 4.79 Å². The van der Waals surface area contributed by atoms with Gasteiger partial charge < -0.3 is 15.1 Å². The van der Waals surface area contributed by atoms with Gasteiger partial charge in [0, 0.05) is 62.1 Å². The smallest absolute Gasteiger partial charge is 0.326 e. The zero-order valence-corrected chi connectivity index (χ0v) is 15.7. The Morgan fingerprint density at radius 2 is 1.92 bits per heavy atom. The molecule has 1 N–H and O–H groups in total. The van der Waals surface area contributed by atoms with Gasteiger partial charge in [0.15, 0.2) is 0 Å². The van der Waals surface area contributed by atoms with Crippen LogP contribution in [0.25, 0.3) is 0 Å². The Morgan fingerprint density at radius 3 is 2.54 bits per heavy atom. The quantitative estimate of drug-likeness (QED) is 0.892. The summed E-state index contributed by atoms with van der Waals surface area (Å²) in [5, 5.41) is 2.78. The van der Waals surface area contributed by atoms with Crippen LogP contribution in [-0.2, 0) is 0 Å². The molecule has 1 aliphatic carbocycles. The fourth-order valence-corrected chi connectivity index (χ4v) is 4.18. The van der Waals surface area contributed by atoms with Crippen molar-refractivity contribution in [3.8, 4) is 0 Å². The molecule has 0 radical (unpaired) electrons. The summed E-state index contributed by atoms with van der Waals surface area (Å²) in [5.74, 6) is 0. The molecule has 0 saturated carbocycles. The van der Waals surface area contributed by atoms with Gasteiger partial charge in [-0.05, 0) is 37.1 Å². The molecule has 0 unspecified atom stereocenters. The maximum atomic E-state index is 12.5. The van der Waals surface area contributed by atoms with Crippen LogP contribution in [0.2, 0.25) is 0 Å². The Bertz CT molecular complexity index is 737. The molecular weight excluding hydrogens is 320 g/mol. The maximum absolute atomic E-state index is 12.5. The average molecular weight is 344 g/mol. The molecule has 2 amide bonds. The van der Waals surface area contributed by atoms with E-state index in [0.717, 1.165) is 39.7 Å². The predicted molar refractivity (Wildman–Crippen MR) is 102 cm³/mol. The predicted octanol–water partition coefficient (Wildman–Crippen LogP) is 3.46. The van der Waals surface area contributed by atoms with Crippen molar-refractivity contribution in [3.05, 3.63) is 40.6 Å². The minimum absolute atomic E-state index is 0.0802. The van der Waals surface area contributed by atoms with Crippen molar-refractivity contribution in [2.45, 2.75) is 17.7 Å². The third-order valence-electron chi connectivity index (χ3n) is 4.38. The SMILES string of the molecule is CNC(=O)N1C2=C(C=C(N(C)C)CC2)Sc2cc(N(C)C)ccc21. The van der Waals surface area contributed by atoms with Gasteiger partial charge in [0.05, 0.1) is 5.69 Å². The monoisotopic (exact) mass is 344 g/mol. The minimum Gasteiger partial charge on any atom is -0.381 e. The standard InChI is InChI=1S/C18H24N4OS/c1-19-18(23)22-14-8-6-12(20(2)3)10-16(14)24-17-11-13(21(4)5)7-9-15(17)22/h6,8,10-11H,7,9H2,1-5H3,(H,19,23). The molecule has 5 nitrogen and oxygen atoms in total. The summed E-state index contributed by atoms with van der Waals surface area (Å²) in [6.07, 6.45) is 4.03. The number of carbonyl (C=O) groups excluding carboxylic acids is 1. The summed E-state index contributed by atoms with van der Waals surface area (Å²) in [5.41, 5.74) is 4.49. The summed E-state index contributed by atoms with van der Waals surface area (Å²) in [4.78, 5) is 20.9. The first kappa shape index (κ1) is 16.8. The van der Waals surface area contributed by atoms with Gasteiger partial charge in [-0.2, -0.15) is 0 Å². The van der Waals surface area contributed by atoms with E-state index in [1.54, 1.807) is 18.8 Å². The van der Waals surface area contributed by atoms with E-state index in [1.165, 1.54) is 5.70 Å². The van der Waals surface area contributed by atoms with Crippen LogP contribution in [0.15, 0.2) is 45.5 Å². The zero-order valence-electron chi connectivity index (χ0n) is 14.9. The number of urea groups is 1. The second-order valence-electron chi connectivity index (χ2n) is 6.38. The first-order valence-corrected chi connectivity index (χ1v) is 8.86. The normalized spacial score (nSPS) is 16.2. The van der Waals surface area contributed by atoms with E-state index >= 15 is 0 Å². The number of hydrogen-bond acceptors (Lipinski definition) is 4. The van der Waals surface area contributed by atoms with Crippen LogP contribution in [0.5, 0.6) is 0 Å². The van der Waals surface area contributed by atoms with Crippen molar-refractivity contribution in [3.63, 3.8) is 0 Å². The molecule has 1 heterocycles. The molecular formula is C18H24N4OS. The lowest BCUT2D eigenvalue weighted by atomic mass is 10.0. The summed E-state index contributed by atoms with van der Waals surface area (Å²) >= 11 is 1.75. The fourth-order valence-electron chi connectivity index (χ4n) is 2.99. The van der Waals surface area contributed by atoms with Gasteiger partial charge in [-0.1, -0.05) is 11.8 Å². The Labute approximate surface area is 148 Å². The molecule has 0 bridgehead atoms. The van der Waals surface area contributed by atoms with E-state index in [0.29, 0.717) is 0 Å². The van der Waals surface area contributed by atoms with E-state index in [2.05, 4.69) is 47.4 Å². The highest BCUT2D eigenvalue weighted by Gasteiger charge is 2.31. The first-order chi connectivity index (χ1) is 11.4. The van der Waals surface area contributed by atoms with Crippen LogP contribution in [0, 0.1) is 0 Å². The van der Waals surface area contributed by atoms with E-state index in [-0.39, 0.29) is 6.03 Å². The highest BCUT2D eigenvalue weighted by Crippen LogP contribution is 2.48. The van der Waals surface area contributed by atoms with Crippen LogP contribution >= 0.6 is 11.8 Å². The number of hydrogen-bond donors (Lipinski definition) is 1. The Balaban J connectivity index is 2.11. The highest BCUT2D eigenvalue weighted by molar-refractivity contribution is 8.03. The number of carbonyl (C=O) groups is 1. The van der Waals surface area contributed by atoms with Gasteiger partial charge in [0.2, 0.25) is 0 Å². The largest absolute Gasteiger partial charge is 0.381 e. The molecule has 2 aliphatic rings. The Kier molecular flexibility index (Phi) is 4.49. The fraction of sp³-hybridized carbons (Fsp3) is 0.389. The number of amides is 2. The van der Waals surface area contributed by atoms with E-state index in [4.69, 9.17) is 0 Å². The topological polar surface area (TPSA) is 38.8 Å². The van der Waals surface area contributed by atoms with Gasteiger partial charge in [0.1, 0.15) is 0 Å². The summed E-state index contributed by atoms with van der Waals surface area (Å²) in [6, 6.07) is 6.17. The third-order valence-corrected chi connectivity index (χ3v) is 5.50.